The average Bonchev–Trinajstić information content (AvgIpc) is 2.79. The van der Waals surface area contributed by atoms with Crippen LogP contribution in [0.3, 0.4) is 0 Å². The Hall–Kier alpha value is -3.34. The molecule has 5 heteroatoms. The number of carbonyl (C=O) groups is 2. The van der Waals surface area contributed by atoms with Gasteiger partial charge in [-0.2, -0.15) is 0 Å². The topological polar surface area (TPSA) is 64.6 Å². The lowest BCUT2D eigenvalue weighted by Gasteiger charge is -2.37. The number of carbonyl (C=O) groups excluding carboxylic acids is 2. The molecule has 0 saturated heterocycles. The van der Waals surface area contributed by atoms with Crippen LogP contribution in [0.1, 0.15) is 49.7 Å². The number of nitrogens with one attached hydrogen (secondary N) is 1. The third-order valence-electron chi connectivity index (χ3n) is 6.03. The number of ketones is 1. The number of Topliss-reactive ketones (excluding diaryl/α,β-unsaturated/α-hetero) is 1. The van der Waals surface area contributed by atoms with E-state index in [0.29, 0.717) is 42.0 Å². The Morgan fingerprint density at radius 2 is 1.77 bits per heavy atom. The standard InChI is InChI=1S/C26H27NO4/c1-4-31-22-13-9-8-12-19(22)24-23(26(29)30-3)16(2)27-20-14-18(15-21(28)25(20)24)17-10-6-5-7-11-17/h5-13,18,24,27H,4,14-15H2,1-3H3/t18-,24+/m0/s1. The summed E-state index contributed by atoms with van der Waals surface area (Å²) in [6.07, 6.45) is 1.12. The van der Waals surface area contributed by atoms with E-state index in [4.69, 9.17) is 9.47 Å². The van der Waals surface area contributed by atoms with Gasteiger partial charge in [-0.1, -0.05) is 48.5 Å². The molecule has 1 heterocycles. The summed E-state index contributed by atoms with van der Waals surface area (Å²) in [5.41, 5.74) is 4.65. The van der Waals surface area contributed by atoms with E-state index in [9.17, 15) is 9.59 Å². The number of hydrogen-bond acceptors (Lipinski definition) is 5. The minimum atomic E-state index is -0.518. The van der Waals surface area contributed by atoms with E-state index >= 15 is 0 Å². The molecule has 5 nitrogen and oxygen atoms in total. The molecule has 0 saturated carbocycles. The second kappa shape index (κ2) is 8.80. The summed E-state index contributed by atoms with van der Waals surface area (Å²) in [4.78, 5) is 26.3. The van der Waals surface area contributed by atoms with Gasteiger partial charge in [0.15, 0.2) is 5.78 Å². The van der Waals surface area contributed by atoms with Gasteiger partial charge < -0.3 is 14.8 Å². The predicted molar refractivity (Wildman–Crippen MR) is 119 cm³/mol. The molecule has 31 heavy (non-hydrogen) atoms. The minimum Gasteiger partial charge on any atom is -0.494 e. The third-order valence-corrected chi connectivity index (χ3v) is 6.03. The van der Waals surface area contributed by atoms with Gasteiger partial charge in [-0.05, 0) is 37.8 Å². The Bertz CT molecular complexity index is 1070. The maximum absolute atomic E-state index is 13.5. The van der Waals surface area contributed by atoms with Crippen molar-refractivity contribution in [1.29, 1.82) is 0 Å². The fraction of sp³-hybridized carbons (Fsp3) is 0.308. The predicted octanol–water partition coefficient (Wildman–Crippen LogP) is 4.62. The molecule has 160 valence electrons. The van der Waals surface area contributed by atoms with Crippen LogP contribution in [0.25, 0.3) is 0 Å². The molecule has 0 spiro atoms. The molecule has 0 fully saturated rings. The average molecular weight is 418 g/mol. The zero-order valence-corrected chi connectivity index (χ0v) is 18.1. The number of hydrogen-bond donors (Lipinski definition) is 1. The van der Waals surface area contributed by atoms with Crippen molar-refractivity contribution in [3.63, 3.8) is 0 Å². The second-order valence-corrected chi connectivity index (χ2v) is 7.89. The third kappa shape index (κ3) is 3.88. The van der Waals surface area contributed by atoms with E-state index in [2.05, 4.69) is 17.4 Å². The molecular formula is C26H27NO4. The summed E-state index contributed by atoms with van der Waals surface area (Å²) in [5, 5.41) is 3.36. The van der Waals surface area contributed by atoms with Crippen molar-refractivity contribution in [3.8, 4) is 5.75 Å². The highest BCUT2D eigenvalue weighted by Gasteiger charge is 2.42. The smallest absolute Gasteiger partial charge is 0.336 e. The van der Waals surface area contributed by atoms with Crippen LogP contribution in [-0.4, -0.2) is 25.5 Å². The Morgan fingerprint density at radius 3 is 2.48 bits per heavy atom. The van der Waals surface area contributed by atoms with Gasteiger partial charge in [0.25, 0.3) is 0 Å². The van der Waals surface area contributed by atoms with Gasteiger partial charge in [0.05, 0.1) is 25.2 Å². The first-order chi connectivity index (χ1) is 15.0. The van der Waals surface area contributed by atoms with Crippen LogP contribution in [0.5, 0.6) is 5.75 Å². The highest BCUT2D eigenvalue weighted by Crippen LogP contribution is 2.47. The number of para-hydroxylation sites is 1. The van der Waals surface area contributed by atoms with Crippen molar-refractivity contribution in [2.75, 3.05) is 13.7 Å². The van der Waals surface area contributed by atoms with Crippen LogP contribution in [0.15, 0.2) is 77.1 Å². The lowest BCUT2D eigenvalue weighted by molar-refractivity contribution is -0.136. The van der Waals surface area contributed by atoms with Gasteiger partial charge in [0.2, 0.25) is 0 Å². The molecule has 2 aromatic carbocycles. The summed E-state index contributed by atoms with van der Waals surface area (Å²) in [6, 6.07) is 17.7. The number of dihydropyridines is 1. The van der Waals surface area contributed by atoms with Gasteiger partial charge in [-0.3, -0.25) is 4.79 Å². The molecule has 2 aliphatic rings. The van der Waals surface area contributed by atoms with E-state index < -0.39 is 11.9 Å². The van der Waals surface area contributed by atoms with E-state index in [1.165, 1.54) is 7.11 Å². The Kier molecular flexibility index (Phi) is 5.94. The number of methoxy groups -OCH3 is 1. The van der Waals surface area contributed by atoms with Crippen molar-refractivity contribution in [3.05, 3.63) is 88.3 Å². The number of benzene rings is 2. The second-order valence-electron chi connectivity index (χ2n) is 7.89. The SMILES string of the molecule is CCOc1ccccc1[C@@H]1C(C(=O)OC)=C(C)NC2=C1C(=O)C[C@@H](c1ccccc1)C2. The van der Waals surface area contributed by atoms with E-state index in [0.717, 1.165) is 16.8 Å². The summed E-state index contributed by atoms with van der Waals surface area (Å²) in [7, 11) is 1.37. The van der Waals surface area contributed by atoms with Crippen molar-refractivity contribution >= 4 is 11.8 Å². The monoisotopic (exact) mass is 417 g/mol. The molecule has 0 bridgehead atoms. The Morgan fingerprint density at radius 1 is 1.06 bits per heavy atom. The fourth-order valence-corrected chi connectivity index (χ4v) is 4.70. The minimum absolute atomic E-state index is 0.0489. The van der Waals surface area contributed by atoms with Crippen molar-refractivity contribution in [1.82, 2.24) is 5.32 Å². The lowest BCUT2D eigenvalue weighted by atomic mass is 9.71. The number of rotatable bonds is 5. The van der Waals surface area contributed by atoms with Gasteiger partial charge in [0, 0.05) is 29.0 Å². The number of ether oxygens (including phenoxy) is 2. The maximum Gasteiger partial charge on any atom is 0.336 e. The fourth-order valence-electron chi connectivity index (χ4n) is 4.70. The first kappa shape index (κ1) is 20.9. The first-order valence-electron chi connectivity index (χ1n) is 10.6. The van der Waals surface area contributed by atoms with E-state index in [1.807, 2.05) is 56.3 Å². The highest BCUT2D eigenvalue weighted by molar-refractivity contribution is 6.04. The molecule has 0 unspecified atom stereocenters. The van der Waals surface area contributed by atoms with Crippen LogP contribution >= 0.6 is 0 Å². The first-order valence-corrected chi connectivity index (χ1v) is 10.6. The van der Waals surface area contributed by atoms with Gasteiger partial charge in [-0.25, -0.2) is 4.79 Å². The van der Waals surface area contributed by atoms with E-state index in [-0.39, 0.29) is 11.7 Å². The summed E-state index contributed by atoms with van der Waals surface area (Å²) in [6.45, 7) is 4.28. The highest BCUT2D eigenvalue weighted by atomic mass is 16.5. The largest absolute Gasteiger partial charge is 0.494 e. The molecule has 1 aliphatic heterocycles. The maximum atomic E-state index is 13.5. The molecule has 1 N–H and O–H groups in total. The Balaban J connectivity index is 1.85. The summed E-state index contributed by atoms with van der Waals surface area (Å²) < 4.78 is 11.0. The quantitative estimate of drug-likeness (QED) is 0.719. The normalized spacial score (nSPS) is 20.8. The summed E-state index contributed by atoms with van der Waals surface area (Å²) in [5.74, 6) is -0.125. The lowest BCUT2D eigenvalue weighted by Crippen LogP contribution is -2.36. The van der Waals surface area contributed by atoms with Crippen molar-refractivity contribution < 1.29 is 19.1 Å². The van der Waals surface area contributed by atoms with Gasteiger partial charge >= 0.3 is 5.97 Å². The molecule has 2 aromatic rings. The Labute approximate surface area is 182 Å². The van der Waals surface area contributed by atoms with Crippen LogP contribution in [0.2, 0.25) is 0 Å². The van der Waals surface area contributed by atoms with Crippen molar-refractivity contribution in [2.24, 2.45) is 0 Å². The molecular weight excluding hydrogens is 390 g/mol. The van der Waals surface area contributed by atoms with Crippen LogP contribution < -0.4 is 10.1 Å². The van der Waals surface area contributed by atoms with Crippen LogP contribution in [0, 0.1) is 0 Å². The zero-order valence-electron chi connectivity index (χ0n) is 18.1. The molecule has 0 radical (unpaired) electrons. The number of esters is 1. The molecule has 0 amide bonds. The van der Waals surface area contributed by atoms with Crippen molar-refractivity contribution in [2.45, 2.75) is 38.5 Å². The van der Waals surface area contributed by atoms with E-state index in [1.54, 1.807) is 0 Å². The van der Waals surface area contributed by atoms with Gasteiger partial charge in [-0.15, -0.1) is 0 Å². The van der Waals surface area contributed by atoms with Crippen LogP contribution in [0.4, 0.5) is 0 Å². The van der Waals surface area contributed by atoms with Crippen LogP contribution in [-0.2, 0) is 14.3 Å². The number of allylic oxidation sites excluding steroid dienone is 3. The zero-order chi connectivity index (χ0) is 22.0. The molecule has 0 aromatic heterocycles. The molecule has 4 rings (SSSR count). The molecule has 2 atom stereocenters. The van der Waals surface area contributed by atoms with Gasteiger partial charge in [0.1, 0.15) is 5.75 Å². The summed E-state index contributed by atoms with van der Waals surface area (Å²) >= 11 is 0. The molecule has 1 aliphatic carbocycles.